The van der Waals surface area contributed by atoms with E-state index in [4.69, 9.17) is 14.2 Å². The second-order valence-electron chi connectivity index (χ2n) is 6.65. The van der Waals surface area contributed by atoms with Gasteiger partial charge < -0.3 is 19.3 Å². The molecule has 3 rings (SSSR count). The average molecular weight is 357 g/mol. The number of benzene rings is 2. The Morgan fingerprint density at radius 3 is 2.62 bits per heavy atom. The molecule has 0 radical (unpaired) electrons. The molecule has 0 aromatic heterocycles. The Morgan fingerprint density at radius 1 is 1.08 bits per heavy atom. The molecule has 0 aliphatic carbocycles. The Balaban J connectivity index is 1.78. The summed E-state index contributed by atoms with van der Waals surface area (Å²) in [5, 5.41) is 10.3. The van der Waals surface area contributed by atoms with Crippen LogP contribution in [0.5, 0.6) is 17.2 Å². The van der Waals surface area contributed by atoms with Crippen molar-refractivity contribution in [2.75, 3.05) is 27.4 Å². The Morgan fingerprint density at radius 2 is 1.88 bits per heavy atom. The smallest absolute Gasteiger partial charge is 0.120 e. The number of phenols is 1. The van der Waals surface area contributed by atoms with Crippen molar-refractivity contribution in [2.45, 2.75) is 32.0 Å². The maximum absolute atomic E-state index is 10.3. The van der Waals surface area contributed by atoms with Crippen molar-refractivity contribution in [3.05, 3.63) is 53.6 Å². The van der Waals surface area contributed by atoms with Crippen LogP contribution in [0.15, 0.2) is 42.5 Å². The first-order chi connectivity index (χ1) is 12.7. The van der Waals surface area contributed by atoms with Gasteiger partial charge in [-0.3, -0.25) is 4.90 Å². The number of hydrogen-bond donors (Lipinski definition) is 1. The van der Waals surface area contributed by atoms with Gasteiger partial charge in [-0.25, -0.2) is 0 Å². The molecule has 0 amide bonds. The van der Waals surface area contributed by atoms with E-state index in [1.54, 1.807) is 26.4 Å². The SMILES string of the molecule is COc1cccc(CN(Cc2cc(OC)ccc2O)CC2CCCO2)c1. The highest BCUT2D eigenvalue weighted by Crippen LogP contribution is 2.26. The highest BCUT2D eigenvalue weighted by Gasteiger charge is 2.20. The maximum Gasteiger partial charge on any atom is 0.120 e. The minimum absolute atomic E-state index is 0.244. The monoisotopic (exact) mass is 357 g/mol. The molecule has 5 heteroatoms. The lowest BCUT2D eigenvalue weighted by Gasteiger charge is -2.26. The Labute approximate surface area is 155 Å². The van der Waals surface area contributed by atoms with Gasteiger partial charge in [-0.15, -0.1) is 0 Å². The summed E-state index contributed by atoms with van der Waals surface area (Å²) in [6, 6.07) is 13.4. The van der Waals surface area contributed by atoms with E-state index in [2.05, 4.69) is 11.0 Å². The molecule has 1 saturated heterocycles. The van der Waals surface area contributed by atoms with Crippen LogP contribution in [0.25, 0.3) is 0 Å². The fourth-order valence-corrected chi connectivity index (χ4v) is 3.35. The lowest BCUT2D eigenvalue weighted by Crippen LogP contribution is -2.31. The third-order valence-electron chi connectivity index (χ3n) is 4.71. The zero-order valence-electron chi connectivity index (χ0n) is 15.5. The van der Waals surface area contributed by atoms with Crippen molar-refractivity contribution < 1.29 is 19.3 Å². The van der Waals surface area contributed by atoms with Crippen LogP contribution in [0.2, 0.25) is 0 Å². The van der Waals surface area contributed by atoms with Gasteiger partial charge in [-0.05, 0) is 48.7 Å². The number of rotatable bonds is 8. The summed E-state index contributed by atoms with van der Waals surface area (Å²) in [7, 11) is 3.31. The summed E-state index contributed by atoms with van der Waals surface area (Å²) >= 11 is 0. The van der Waals surface area contributed by atoms with Crippen molar-refractivity contribution in [3.63, 3.8) is 0 Å². The first kappa shape index (κ1) is 18.5. The van der Waals surface area contributed by atoms with Crippen LogP contribution in [-0.4, -0.2) is 43.5 Å². The van der Waals surface area contributed by atoms with E-state index in [1.165, 1.54) is 5.56 Å². The van der Waals surface area contributed by atoms with Gasteiger partial charge in [0.2, 0.25) is 0 Å². The first-order valence-corrected chi connectivity index (χ1v) is 9.00. The lowest BCUT2D eigenvalue weighted by molar-refractivity contribution is 0.0676. The third kappa shape index (κ3) is 4.90. The summed E-state index contributed by atoms with van der Waals surface area (Å²) in [6.45, 7) is 3.05. The van der Waals surface area contributed by atoms with E-state index in [0.29, 0.717) is 6.54 Å². The molecule has 1 aliphatic heterocycles. The van der Waals surface area contributed by atoms with Gasteiger partial charge in [0.25, 0.3) is 0 Å². The van der Waals surface area contributed by atoms with E-state index >= 15 is 0 Å². The zero-order valence-corrected chi connectivity index (χ0v) is 15.5. The molecule has 1 N–H and O–H groups in total. The molecule has 5 nitrogen and oxygen atoms in total. The topological polar surface area (TPSA) is 51.2 Å². The maximum atomic E-state index is 10.3. The average Bonchev–Trinajstić information content (AvgIpc) is 3.16. The quantitative estimate of drug-likeness (QED) is 0.782. The minimum atomic E-state index is 0.244. The molecule has 0 saturated carbocycles. The molecule has 1 atom stereocenters. The first-order valence-electron chi connectivity index (χ1n) is 9.00. The van der Waals surface area contributed by atoms with Gasteiger partial charge >= 0.3 is 0 Å². The molecule has 26 heavy (non-hydrogen) atoms. The number of hydrogen-bond acceptors (Lipinski definition) is 5. The van der Waals surface area contributed by atoms with Crippen molar-refractivity contribution in [1.82, 2.24) is 4.90 Å². The van der Waals surface area contributed by atoms with Gasteiger partial charge in [0, 0.05) is 31.8 Å². The lowest BCUT2D eigenvalue weighted by atomic mass is 10.1. The van der Waals surface area contributed by atoms with E-state index in [1.807, 2.05) is 24.3 Å². The predicted octanol–water partition coefficient (Wildman–Crippen LogP) is 3.59. The summed E-state index contributed by atoms with van der Waals surface area (Å²) < 4.78 is 16.5. The van der Waals surface area contributed by atoms with Crippen LogP contribution in [0.3, 0.4) is 0 Å². The van der Waals surface area contributed by atoms with Gasteiger partial charge in [-0.1, -0.05) is 12.1 Å². The van der Waals surface area contributed by atoms with Crippen molar-refractivity contribution in [3.8, 4) is 17.2 Å². The fraction of sp³-hybridized carbons (Fsp3) is 0.429. The van der Waals surface area contributed by atoms with Gasteiger partial charge in [-0.2, -0.15) is 0 Å². The number of ether oxygens (including phenoxy) is 3. The van der Waals surface area contributed by atoms with Crippen LogP contribution >= 0.6 is 0 Å². The van der Waals surface area contributed by atoms with Crippen LogP contribution in [0.4, 0.5) is 0 Å². The Bertz CT molecular complexity index is 713. The number of nitrogens with zero attached hydrogens (tertiary/aromatic N) is 1. The number of aromatic hydroxyl groups is 1. The fourth-order valence-electron chi connectivity index (χ4n) is 3.35. The van der Waals surface area contributed by atoms with E-state index in [0.717, 1.165) is 49.6 Å². The third-order valence-corrected chi connectivity index (χ3v) is 4.71. The zero-order chi connectivity index (χ0) is 18.4. The molecule has 0 bridgehead atoms. The van der Waals surface area contributed by atoms with Crippen LogP contribution in [0.1, 0.15) is 24.0 Å². The molecular weight excluding hydrogens is 330 g/mol. The van der Waals surface area contributed by atoms with Crippen LogP contribution in [0, 0.1) is 0 Å². The highest BCUT2D eigenvalue weighted by molar-refractivity contribution is 5.39. The van der Waals surface area contributed by atoms with E-state index < -0.39 is 0 Å². The standard InChI is InChI=1S/C21H27NO4/c1-24-18-6-3-5-16(11-18)13-22(15-20-7-4-10-26-20)14-17-12-19(25-2)8-9-21(17)23/h3,5-6,8-9,11-12,20,23H,4,7,10,13-15H2,1-2H3. The van der Waals surface area contributed by atoms with Crippen LogP contribution < -0.4 is 9.47 Å². The Kier molecular flexibility index (Phi) is 6.36. The molecule has 1 fully saturated rings. The molecule has 140 valence electrons. The summed E-state index contributed by atoms with van der Waals surface area (Å²) in [6.07, 6.45) is 2.44. The van der Waals surface area contributed by atoms with Gasteiger partial charge in [0.15, 0.2) is 0 Å². The van der Waals surface area contributed by atoms with Gasteiger partial charge in [0.05, 0.1) is 20.3 Å². The second-order valence-corrected chi connectivity index (χ2v) is 6.65. The molecule has 2 aromatic carbocycles. The Hall–Kier alpha value is -2.24. The van der Waals surface area contributed by atoms with Gasteiger partial charge in [0.1, 0.15) is 17.2 Å². The normalized spacial score (nSPS) is 16.8. The molecule has 0 spiro atoms. The second kappa shape index (κ2) is 8.92. The van der Waals surface area contributed by atoms with Crippen molar-refractivity contribution in [1.29, 1.82) is 0 Å². The summed E-state index contributed by atoms with van der Waals surface area (Å²) in [5.74, 6) is 1.88. The molecule has 1 unspecified atom stereocenters. The summed E-state index contributed by atoms with van der Waals surface area (Å²) in [4.78, 5) is 2.30. The molecule has 1 aliphatic rings. The van der Waals surface area contributed by atoms with E-state index in [9.17, 15) is 5.11 Å². The number of methoxy groups -OCH3 is 2. The number of phenolic OH excluding ortho intramolecular Hbond substituents is 1. The van der Waals surface area contributed by atoms with Crippen molar-refractivity contribution in [2.24, 2.45) is 0 Å². The molecule has 1 heterocycles. The minimum Gasteiger partial charge on any atom is -0.508 e. The van der Waals surface area contributed by atoms with Crippen molar-refractivity contribution >= 4 is 0 Å². The van der Waals surface area contributed by atoms with E-state index in [-0.39, 0.29) is 11.9 Å². The summed E-state index contributed by atoms with van der Waals surface area (Å²) in [5.41, 5.74) is 2.02. The van der Waals surface area contributed by atoms with Crippen LogP contribution in [-0.2, 0) is 17.8 Å². The largest absolute Gasteiger partial charge is 0.508 e. The molecule has 2 aromatic rings. The highest BCUT2D eigenvalue weighted by atomic mass is 16.5. The molecular formula is C21H27NO4. The predicted molar refractivity (Wildman–Crippen MR) is 101 cm³/mol.